The number of halogens is 1. The Hall–Kier alpha value is -0.330. The quantitative estimate of drug-likeness (QED) is 0.584. The summed E-state index contributed by atoms with van der Waals surface area (Å²) in [5, 5.41) is 0. The molecular formula is C16H27F. The van der Waals surface area contributed by atoms with Crippen LogP contribution in [-0.4, -0.2) is 6.67 Å². The lowest BCUT2D eigenvalue weighted by Gasteiger charge is -2.35. The molecular weight excluding hydrogens is 211 g/mol. The first-order valence-corrected chi connectivity index (χ1v) is 7.62. The van der Waals surface area contributed by atoms with Gasteiger partial charge in [0.15, 0.2) is 0 Å². The molecule has 0 saturated heterocycles. The minimum absolute atomic E-state index is 0.200. The van der Waals surface area contributed by atoms with Crippen LogP contribution in [0.5, 0.6) is 0 Å². The molecule has 1 heteroatoms. The van der Waals surface area contributed by atoms with Crippen molar-refractivity contribution in [1.82, 2.24) is 0 Å². The van der Waals surface area contributed by atoms with Gasteiger partial charge >= 0.3 is 0 Å². The van der Waals surface area contributed by atoms with Crippen LogP contribution in [0.3, 0.4) is 0 Å². The average Bonchev–Trinajstić information content (AvgIpc) is 2.41. The summed E-state index contributed by atoms with van der Waals surface area (Å²) in [7, 11) is 0. The molecule has 2 saturated carbocycles. The summed E-state index contributed by atoms with van der Waals surface area (Å²) in [6, 6.07) is 0. The molecule has 0 aromatic carbocycles. The van der Waals surface area contributed by atoms with E-state index >= 15 is 0 Å². The number of hydrogen-bond acceptors (Lipinski definition) is 0. The fraction of sp³-hybridized carbons (Fsp3) is 0.875. The topological polar surface area (TPSA) is 0 Å². The Balaban J connectivity index is 1.69. The maximum atomic E-state index is 12.0. The van der Waals surface area contributed by atoms with Gasteiger partial charge in [0, 0.05) is 0 Å². The third kappa shape index (κ3) is 4.12. The van der Waals surface area contributed by atoms with E-state index in [-0.39, 0.29) is 6.67 Å². The highest BCUT2D eigenvalue weighted by Gasteiger charge is 2.27. The third-order valence-electron chi connectivity index (χ3n) is 4.82. The van der Waals surface area contributed by atoms with Crippen LogP contribution < -0.4 is 0 Å². The number of hydrogen-bond donors (Lipinski definition) is 0. The maximum Gasteiger partial charge on any atom is 0.0928 e. The SMILES string of the molecule is FCC/C=C/C1CCC(C2CCCCC2)CC1. The highest BCUT2D eigenvalue weighted by molar-refractivity contribution is 4.92. The summed E-state index contributed by atoms with van der Waals surface area (Å²) < 4.78 is 12.0. The van der Waals surface area contributed by atoms with Crippen LogP contribution in [0.25, 0.3) is 0 Å². The van der Waals surface area contributed by atoms with E-state index in [1.807, 2.05) is 6.08 Å². The lowest BCUT2D eigenvalue weighted by Crippen LogP contribution is -2.23. The molecule has 0 bridgehead atoms. The van der Waals surface area contributed by atoms with Crippen molar-refractivity contribution in [3.8, 4) is 0 Å². The van der Waals surface area contributed by atoms with Gasteiger partial charge in [-0.05, 0) is 49.9 Å². The van der Waals surface area contributed by atoms with Crippen molar-refractivity contribution in [2.24, 2.45) is 17.8 Å². The summed E-state index contributed by atoms with van der Waals surface area (Å²) in [5.41, 5.74) is 0. The Morgan fingerprint density at radius 3 is 2.12 bits per heavy atom. The van der Waals surface area contributed by atoms with Gasteiger partial charge in [-0.2, -0.15) is 0 Å². The van der Waals surface area contributed by atoms with Gasteiger partial charge in [-0.1, -0.05) is 44.3 Å². The van der Waals surface area contributed by atoms with Gasteiger partial charge in [0.1, 0.15) is 0 Å². The van der Waals surface area contributed by atoms with E-state index in [4.69, 9.17) is 0 Å². The summed E-state index contributed by atoms with van der Waals surface area (Å²) in [5.74, 6) is 2.81. The van der Waals surface area contributed by atoms with Crippen molar-refractivity contribution in [3.05, 3.63) is 12.2 Å². The molecule has 0 radical (unpaired) electrons. The summed E-state index contributed by atoms with van der Waals surface area (Å²) in [6.07, 6.45) is 17.9. The molecule has 17 heavy (non-hydrogen) atoms. The van der Waals surface area contributed by atoms with E-state index in [1.54, 1.807) is 0 Å². The highest BCUT2D eigenvalue weighted by atomic mass is 19.1. The van der Waals surface area contributed by atoms with Crippen molar-refractivity contribution in [3.63, 3.8) is 0 Å². The van der Waals surface area contributed by atoms with Crippen molar-refractivity contribution >= 4 is 0 Å². The zero-order valence-electron chi connectivity index (χ0n) is 11.0. The molecule has 0 aromatic heterocycles. The molecule has 0 aromatic rings. The lowest BCUT2D eigenvalue weighted by molar-refractivity contribution is 0.180. The third-order valence-corrected chi connectivity index (χ3v) is 4.82. The van der Waals surface area contributed by atoms with Crippen LogP contribution >= 0.6 is 0 Å². The van der Waals surface area contributed by atoms with Gasteiger partial charge in [-0.3, -0.25) is 4.39 Å². The Morgan fingerprint density at radius 2 is 1.47 bits per heavy atom. The Kier molecular flexibility index (Phi) is 5.54. The van der Waals surface area contributed by atoms with Crippen molar-refractivity contribution in [1.29, 1.82) is 0 Å². The van der Waals surface area contributed by atoms with Crippen LogP contribution in [-0.2, 0) is 0 Å². The molecule has 0 amide bonds. The average molecular weight is 238 g/mol. The molecule has 0 aliphatic heterocycles. The van der Waals surface area contributed by atoms with E-state index in [0.29, 0.717) is 6.42 Å². The molecule has 2 fully saturated rings. The maximum absolute atomic E-state index is 12.0. The molecule has 0 N–H and O–H groups in total. The predicted octanol–water partition coefficient (Wildman–Crippen LogP) is 5.29. The first-order valence-electron chi connectivity index (χ1n) is 7.62. The molecule has 0 heterocycles. The van der Waals surface area contributed by atoms with Crippen LogP contribution in [0.4, 0.5) is 4.39 Å². The smallest absolute Gasteiger partial charge is 0.0928 e. The molecule has 0 unspecified atom stereocenters. The number of alkyl halides is 1. The lowest BCUT2D eigenvalue weighted by atomic mass is 9.71. The molecule has 98 valence electrons. The Labute approximate surface area is 106 Å². The van der Waals surface area contributed by atoms with E-state index < -0.39 is 0 Å². The van der Waals surface area contributed by atoms with Gasteiger partial charge in [-0.25, -0.2) is 0 Å². The molecule has 2 rings (SSSR count). The molecule has 2 aliphatic rings. The fourth-order valence-electron chi connectivity index (χ4n) is 3.77. The second-order valence-corrected chi connectivity index (χ2v) is 5.98. The van der Waals surface area contributed by atoms with Gasteiger partial charge < -0.3 is 0 Å². The van der Waals surface area contributed by atoms with E-state index in [2.05, 4.69) is 6.08 Å². The fourth-order valence-corrected chi connectivity index (χ4v) is 3.77. The van der Waals surface area contributed by atoms with E-state index in [1.165, 1.54) is 57.8 Å². The highest BCUT2D eigenvalue weighted by Crippen LogP contribution is 2.40. The van der Waals surface area contributed by atoms with Crippen molar-refractivity contribution in [2.75, 3.05) is 6.67 Å². The second-order valence-electron chi connectivity index (χ2n) is 5.98. The van der Waals surface area contributed by atoms with Gasteiger partial charge in [0.25, 0.3) is 0 Å². The van der Waals surface area contributed by atoms with Crippen molar-refractivity contribution in [2.45, 2.75) is 64.2 Å². The summed E-state index contributed by atoms with van der Waals surface area (Å²) in [6.45, 7) is -0.200. The van der Waals surface area contributed by atoms with Crippen LogP contribution in [0.2, 0.25) is 0 Å². The van der Waals surface area contributed by atoms with Gasteiger partial charge in [0.2, 0.25) is 0 Å². The molecule has 2 aliphatic carbocycles. The van der Waals surface area contributed by atoms with E-state index in [0.717, 1.165) is 17.8 Å². The molecule has 0 nitrogen and oxygen atoms in total. The minimum Gasteiger partial charge on any atom is -0.251 e. The Morgan fingerprint density at radius 1 is 0.824 bits per heavy atom. The molecule has 0 spiro atoms. The van der Waals surface area contributed by atoms with E-state index in [9.17, 15) is 4.39 Å². The normalized spacial score (nSPS) is 32.1. The van der Waals surface area contributed by atoms with Crippen molar-refractivity contribution < 1.29 is 4.39 Å². The van der Waals surface area contributed by atoms with Crippen LogP contribution in [0.1, 0.15) is 64.2 Å². The van der Waals surface area contributed by atoms with Gasteiger partial charge in [0.05, 0.1) is 6.67 Å². The largest absolute Gasteiger partial charge is 0.251 e. The van der Waals surface area contributed by atoms with Crippen LogP contribution in [0.15, 0.2) is 12.2 Å². The second kappa shape index (κ2) is 7.18. The minimum atomic E-state index is -0.200. The Bertz CT molecular complexity index is 220. The van der Waals surface area contributed by atoms with Gasteiger partial charge in [-0.15, -0.1) is 0 Å². The number of rotatable bonds is 4. The standard InChI is InChI=1S/C16H27F/c17-13-5-4-6-14-9-11-16(12-10-14)15-7-2-1-3-8-15/h4,6,14-16H,1-3,5,7-13H2/b6-4+. The first kappa shape index (κ1) is 13.1. The number of allylic oxidation sites excluding steroid dienone is 2. The zero-order valence-corrected chi connectivity index (χ0v) is 11.0. The monoisotopic (exact) mass is 238 g/mol. The summed E-state index contributed by atoms with van der Waals surface area (Å²) in [4.78, 5) is 0. The first-order chi connectivity index (χ1) is 8.40. The predicted molar refractivity (Wildman–Crippen MR) is 71.8 cm³/mol. The van der Waals surface area contributed by atoms with Crippen LogP contribution in [0, 0.1) is 17.8 Å². The molecule has 0 atom stereocenters. The summed E-state index contributed by atoms with van der Waals surface area (Å²) >= 11 is 0. The zero-order chi connectivity index (χ0) is 11.9.